The van der Waals surface area contributed by atoms with Gasteiger partial charge in [-0.05, 0) is 46.9 Å². The van der Waals surface area contributed by atoms with Gasteiger partial charge in [-0.25, -0.2) is 9.59 Å². The number of carbonyl (C=O) groups excluding carboxylic acids is 1. The number of nitrogens with zero attached hydrogens (tertiary/aromatic N) is 1. The Bertz CT molecular complexity index is 1020. The molecule has 6 heteroatoms. The minimum absolute atomic E-state index is 0.0924. The van der Waals surface area contributed by atoms with Crippen LogP contribution in [-0.2, 0) is 15.1 Å². The average Bonchev–Trinajstić information content (AvgIpc) is 3.06. The van der Waals surface area contributed by atoms with Crippen LogP contribution in [-0.4, -0.2) is 28.8 Å². The number of amides is 1. The molecule has 2 aromatic carbocycles. The summed E-state index contributed by atoms with van der Waals surface area (Å²) < 4.78 is 5.48. The summed E-state index contributed by atoms with van der Waals surface area (Å²) in [6.45, 7) is 1.54. The average molecular weight is 388 g/mol. The van der Waals surface area contributed by atoms with Crippen LogP contribution in [0.25, 0.3) is 11.1 Å². The van der Waals surface area contributed by atoms with Crippen LogP contribution in [0.15, 0.2) is 73.1 Å². The lowest BCUT2D eigenvalue weighted by Gasteiger charge is -2.26. The molecule has 3 aromatic rings. The molecule has 4 rings (SSSR count). The van der Waals surface area contributed by atoms with Gasteiger partial charge >= 0.3 is 12.1 Å². The number of carbonyl (C=O) groups is 2. The van der Waals surface area contributed by atoms with Crippen molar-refractivity contribution in [3.8, 4) is 11.1 Å². The molecule has 1 aliphatic carbocycles. The molecule has 0 saturated heterocycles. The molecule has 1 aliphatic rings. The van der Waals surface area contributed by atoms with E-state index in [2.05, 4.69) is 22.4 Å². The monoisotopic (exact) mass is 388 g/mol. The van der Waals surface area contributed by atoms with Gasteiger partial charge in [-0.15, -0.1) is 0 Å². The molecule has 2 N–H and O–H groups in total. The van der Waals surface area contributed by atoms with E-state index in [1.807, 2.05) is 36.4 Å². The van der Waals surface area contributed by atoms with Crippen molar-refractivity contribution < 1.29 is 19.4 Å². The van der Waals surface area contributed by atoms with Crippen LogP contribution in [0.2, 0.25) is 0 Å². The van der Waals surface area contributed by atoms with Gasteiger partial charge in [0, 0.05) is 18.3 Å². The first-order chi connectivity index (χ1) is 14.0. The zero-order chi connectivity index (χ0) is 20.4. The van der Waals surface area contributed by atoms with E-state index in [-0.39, 0.29) is 12.5 Å². The fraction of sp³-hybridized carbons (Fsp3) is 0.174. The first-order valence-electron chi connectivity index (χ1n) is 9.28. The normalized spacial score (nSPS) is 14.4. The third-order valence-electron chi connectivity index (χ3n) is 5.38. The maximum atomic E-state index is 12.5. The van der Waals surface area contributed by atoms with Crippen LogP contribution in [0.3, 0.4) is 0 Å². The Hall–Kier alpha value is -3.67. The van der Waals surface area contributed by atoms with Crippen molar-refractivity contribution >= 4 is 12.1 Å². The molecule has 1 atom stereocenters. The minimum atomic E-state index is -1.62. The Kier molecular flexibility index (Phi) is 4.76. The topological polar surface area (TPSA) is 88.5 Å². The zero-order valence-electron chi connectivity index (χ0n) is 15.8. The molecule has 1 aromatic heterocycles. The number of nitrogens with one attached hydrogen (secondary N) is 1. The number of rotatable bonds is 5. The van der Waals surface area contributed by atoms with Crippen molar-refractivity contribution in [1.82, 2.24) is 10.3 Å². The second kappa shape index (κ2) is 7.39. The summed E-state index contributed by atoms with van der Waals surface area (Å²) in [6, 6.07) is 19.2. The molecule has 0 radical (unpaired) electrons. The summed E-state index contributed by atoms with van der Waals surface area (Å²) in [4.78, 5) is 28.3. The molecule has 29 heavy (non-hydrogen) atoms. The van der Waals surface area contributed by atoms with Crippen molar-refractivity contribution in [2.24, 2.45) is 0 Å². The van der Waals surface area contributed by atoms with Crippen molar-refractivity contribution in [3.63, 3.8) is 0 Å². The number of benzene rings is 2. The highest BCUT2D eigenvalue weighted by Gasteiger charge is 2.38. The number of carboxylic acids is 1. The number of aromatic nitrogens is 1. The molecular formula is C23H20N2O4. The van der Waals surface area contributed by atoms with Crippen LogP contribution < -0.4 is 5.32 Å². The summed E-state index contributed by atoms with van der Waals surface area (Å²) in [6.07, 6.45) is 2.18. The van der Waals surface area contributed by atoms with E-state index in [0.29, 0.717) is 5.56 Å². The second-order valence-corrected chi connectivity index (χ2v) is 7.12. The maximum absolute atomic E-state index is 12.5. The Morgan fingerprint density at radius 1 is 1.00 bits per heavy atom. The number of alkyl carbamates (subject to hydrolysis) is 1. The molecule has 0 aliphatic heterocycles. The number of hydrogen-bond acceptors (Lipinski definition) is 4. The van der Waals surface area contributed by atoms with Crippen LogP contribution in [0.1, 0.15) is 29.5 Å². The second-order valence-electron chi connectivity index (χ2n) is 7.12. The van der Waals surface area contributed by atoms with Gasteiger partial charge in [-0.2, -0.15) is 0 Å². The number of hydrogen-bond donors (Lipinski definition) is 2. The molecule has 6 nitrogen and oxygen atoms in total. The van der Waals surface area contributed by atoms with E-state index < -0.39 is 17.6 Å². The van der Waals surface area contributed by atoms with Gasteiger partial charge in [0.1, 0.15) is 6.61 Å². The lowest BCUT2D eigenvalue weighted by atomic mass is 9.93. The van der Waals surface area contributed by atoms with E-state index >= 15 is 0 Å². The molecule has 0 bridgehead atoms. The SMILES string of the molecule is C[C@](NC(=O)OCC1c2ccccc2-c2ccccc21)(C(=O)O)c1ccncc1. The highest BCUT2D eigenvalue weighted by molar-refractivity contribution is 5.85. The van der Waals surface area contributed by atoms with Crippen molar-refractivity contribution in [1.29, 1.82) is 0 Å². The Balaban J connectivity index is 1.52. The Labute approximate surface area is 168 Å². The molecule has 0 fully saturated rings. The van der Waals surface area contributed by atoms with Crippen LogP contribution >= 0.6 is 0 Å². The molecule has 0 spiro atoms. The summed E-state index contributed by atoms with van der Waals surface area (Å²) in [5.74, 6) is -1.28. The van der Waals surface area contributed by atoms with Gasteiger partial charge < -0.3 is 15.2 Å². The van der Waals surface area contributed by atoms with Gasteiger partial charge in [0.15, 0.2) is 5.54 Å². The van der Waals surface area contributed by atoms with E-state index in [4.69, 9.17) is 4.74 Å². The van der Waals surface area contributed by atoms with Crippen molar-refractivity contribution in [2.45, 2.75) is 18.4 Å². The fourth-order valence-electron chi connectivity index (χ4n) is 3.77. The quantitative estimate of drug-likeness (QED) is 0.692. The number of carboxylic acid groups (broad SMARTS) is 1. The highest BCUT2D eigenvalue weighted by atomic mass is 16.5. The van der Waals surface area contributed by atoms with Crippen LogP contribution in [0.4, 0.5) is 4.79 Å². The molecule has 0 unspecified atom stereocenters. The first kappa shape index (κ1) is 18.7. The summed E-state index contributed by atoms with van der Waals surface area (Å²) >= 11 is 0. The summed E-state index contributed by atoms with van der Waals surface area (Å²) in [5.41, 5.74) is 3.24. The lowest BCUT2D eigenvalue weighted by Crippen LogP contribution is -2.49. The van der Waals surface area contributed by atoms with Gasteiger partial charge in [0.25, 0.3) is 0 Å². The van der Waals surface area contributed by atoms with E-state index in [1.54, 1.807) is 12.1 Å². The molecule has 146 valence electrons. The lowest BCUT2D eigenvalue weighted by molar-refractivity contribution is -0.144. The number of pyridine rings is 1. The predicted octanol–water partition coefficient (Wildman–Crippen LogP) is 3.92. The molecule has 1 amide bonds. The van der Waals surface area contributed by atoms with Crippen LogP contribution in [0.5, 0.6) is 0 Å². The first-order valence-corrected chi connectivity index (χ1v) is 9.28. The van der Waals surface area contributed by atoms with E-state index in [1.165, 1.54) is 19.3 Å². The third kappa shape index (κ3) is 3.33. The number of ether oxygens (including phenoxy) is 1. The third-order valence-corrected chi connectivity index (χ3v) is 5.38. The summed E-state index contributed by atoms with van der Waals surface area (Å²) in [7, 11) is 0. The molecule has 1 heterocycles. The smallest absolute Gasteiger partial charge is 0.408 e. The number of fused-ring (bicyclic) bond motifs is 3. The van der Waals surface area contributed by atoms with Gasteiger partial charge in [0.05, 0.1) is 0 Å². The predicted molar refractivity (Wildman–Crippen MR) is 107 cm³/mol. The maximum Gasteiger partial charge on any atom is 0.408 e. The zero-order valence-corrected chi connectivity index (χ0v) is 15.8. The standard InChI is InChI=1S/C23H20N2O4/c1-23(21(26)27,15-10-12-24-13-11-15)25-22(28)29-14-20-18-8-4-2-6-16(18)17-7-3-5-9-19(17)20/h2-13,20H,14H2,1H3,(H,25,28)(H,26,27)/t23-/m1/s1. The van der Waals surface area contributed by atoms with Gasteiger partial charge in [0.2, 0.25) is 0 Å². The summed E-state index contributed by atoms with van der Waals surface area (Å²) in [5, 5.41) is 12.2. The Morgan fingerprint density at radius 3 is 2.10 bits per heavy atom. The molecular weight excluding hydrogens is 368 g/mol. The van der Waals surface area contributed by atoms with Gasteiger partial charge in [-0.3, -0.25) is 4.98 Å². The van der Waals surface area contributed by atoms with Crippen molar-refractivity contribution in [2.75, 3.05) is 6.61 Å². The fourth-order valence-corrected chi connectivity index (χ4v) is 3.77. The molecule has 0 saturated carbocycles. The van der Waals surface area contributed by atoms with E-state index in [9.17, 15) is 14.7 Å². The van der Waals surface area contributed by atoms with Gasteiger partial charge in [-0.1, -0.05) is 48.5 Å². The largest absolute Gasteiger partial charge is 0.479 e. The minimum Gasteiger partial charge on any atom is -0.479 e. The number of aliphatic carboxylic acids is 1. The Morgan fingerprint density at radius 2 is 1.55 bits per heavy atom. The van der Waals surface area contributed by atoms with E-state index in [0.717, 1.165) is 22.3 Å². The van der Waals surface area contributed by atoms with Crippen LogP contribution in [0, 0.1) is 0 Å². The van der Waals surface area contributed by atoms with Crippen molar-refractivity contribution in [3.05, 3.63) is 89.7 Å². The highest BCUT2D eigenvalue weighted by Crippen LogP contribution is 2.44.